The highest BCUT2D eigenvalue weighted by Gasteiger charge is 2.16. The number of benzene rings is 2. The van der Waals surface area contributed by atoms with E-state index < -0.39 is 5.82 Å². The predicted molar refractivity (Wildman–Crippen MR) is 82.6 cm³/mol. The molecule has 0 aliphatic rings. The number of hydrogen-bond acceptors (Lipinski definition) is 1. The van der Waals surface area contributed by atoms with Crippen molar-refractivity contribution < 1.29 is 9.18 Å². The van der Waals surface area contributed by atoms with Gasteiger partial charge in [-0.3, -0.25) is 4.79 Å². The van der Waals surface area contributed by atoms with Gasteiger partial charge in [-0.1, -0.05) is 43.7 Å². The third kappa shape index (κ3) is 3.34. The van der Waals surface area contributed by atoms with Crippen LogP contribution in [0.5, 0.6) is 0 Å². The van der Waals surface area contributed by atoms with Gasteiger partial charge in [-0.25, -0.2) is 4.39 Å². The molecule has 2 rings (SSSR count). The molecule has 20 heavy (non-hydrogen) atoms. The Morgan fingerprint density at radius 1 is 1.15 bits per heavy atom. The number of rotatable bonds is 5. The second-order valence-corrected chi connectivity index (χ2v) is 5.58. The standard InChI is InChI=1S/C17H16BrFO/c1-2-3-5-12-8-10-13(11-9-12)17(20)16-14(18)6-4-7-15(16)19/h4,6-11H,2-3,5H2,1H3. The first-order valence-electron chi connectivity index (χ1n) is 6.71. The van der Waals surface area contributed by atoms with Crippen LogP contribution in [-0.2, 0) is 6.42 Å². The lowest BCUT2D eigenvalue weighted by molar-refractivity contribution is 0.103. The Balaban J connectivity index is 2.25. The molecule has 2 aromatic rings. The molecule has 0 bridgehead atoms. The molecule has 0 unspecified atom stereocenters. The van der Waals surface area contributed by atoms with Crippen LogP contribution in [0.1, 0.15) is 41.3 Å². The van der Waals surface area contributed by atoms with Gasteiger partial charge in [-0.2, -0.15) is 0 Å². The smallest absolute Gasteiger partial charge is 0.197 e. The van der Waals surface area contributed by atoms with Crippen molar-refractivity contribution in [3.05, 3.63) is 69.4 Å². The summed E-state index contributed by atoms with van der Waals surface area (Å²) in [4.78, 5) is 12.3. The zero-order valence-electron chi connectivity index (χ0n) is 11.3. The Bertz CT molecular complexity index is 585. The monoisotopic (exact) mass is 334 g/mol. The molecule has 0 heterocycles. The van der Waals surface area contributed by atoms with Gasteiger partial charge in [0.15, 0.2) is 5.78 Å². The van der Waals surface area contributed by atoms with Crippen LogP contribution in [0.4, 0.5) is 4.39 Å². The van der Waals surface area contributed by atoms with E-state index >= 15 is 0 Å². The lowest BCUT2D eigenvalue weighted by atomic mass is 10.00. The van der Waals surface area contributed by atoms with E-state index in [4.69, 9.17) is 0 Å². The first-order valence-corrected chi connectivity index (χ1v) is 7.50. The average Bonchev–Trinajstić information content (AvgIpc) is 2.45. The number of aryl methyl sites for hydroxylation is 1. The Hall–Kier alpha value is -1.48. The number of carbonyl (C=O) groups is 1. The molecule has 0 radical (unpaired) electrons. The van der Waals surface area contributed by atoms with Crippen molar-refractivity contribution in [3.63, 3.8) is 0 Å². The summed E-state index contributed by atoms with van der Waals surface area (Å²) < 4.78 is 14.3. The van der Waals surface area contributed by atoms with E-state index in [0.29, 0.717) is 10.0 Å². The van der Waals surface area contributed by atoms with Crippen LogP contribution in [0.15, 0.2) is 46.9 Å². The summed E-state index contributed by atoms with van der Waals surface area (Å²) in [6, 6.07) is 12.0. The van der Waals surface area contributed by atoms with Gasteiger partial charge in [0.2, 0.25) is 0 Å². The number of hydrogen-bond donors (Lipinski definition) is 0. The van der Waals surface area contributed by atoms with E-state index in [1.54, 1.807) is 24.3 Å². The van der Waals surface area contributed by atoms with Crippen LogP contribution >= 0.6 is 15.9 Å². The third-order valence-electron chi connectivity index (χ3n) is 3.22. The van der Waals surface area contributed by atoms with Crippen molar-refractivity contribution >= 4 is 21.7 Å². The number of unbranched alkanes of at least 4 members (excludes halogenated alkanes) is 1. The van der Waals surface area contributed by atoms with Gasteiger partial charge in [0.1, 0.15) is 5.82 Å². The minimum atomic E-state index is -0.501. The Morgan fingerprint density at radius 3 is 2.45 bits per heavy atom. The van der Waals surface area contributed by atoms with Gasteiger partial charge in [0.05, 0.1) is 5.56 Å². The molecule has 0 aromatic heterocycles. The van der Waals surface area contributed by atoms with Crippen molar-refractivity contribution in [2.24, 2.45) is 0 Å². The molecule has 2 aromatic carbocycles. The van der Waals surface area contributed by atoms with Crippen molar-refractivity contribution in [2.45, 2.75) is 26.2 Å². The van der Waals surface area contributed by atoms with Crippen LogP contribution in [0.25, 0.3) is 0 Å². The van der Waals surface area contributed by atoms with Crippen molar-refractivity contribution in [1.29, 1.82) is 0 Å². The number of carbonyl (C=O) groups excluding carboxylic acids is 1. The second kappa shape index (κ2) is 6.80. The Labute approximate surface area is 127 Å². The maximum atomic E-state index is 13.8. The highest BCUT2D eigenvalue weighted by molar-refractivity contribution is 9.10. The fraction of sp³-hybridized carbons (Fsp3) is 0.235. The first kappa shape index (κ1) is 14.9. The van der Waals surface area contributed by atoms with Crippen LogP contribution < -0.4 is 0 Å². The van der Waals surface area contributed by atoms with Crippen LogP contribution in [0.2, 0.25) is 0 Å². The fourth-order valence-electron chi connectivity index (χ4n) is 2.06. The van der Waals surface area contributed by atoms with E-state index in [1.807, 2.05) is 12.1 Å². The second-order valence-electron chi connectivity index (χ2n) is 4.73. The average molecular weight is 335 g/mol. The van der Waals surface area contributed by atoms with Crippen LogP contribution in [0.3, 0.4) is 0 Å². The van der Waals surface area contributed by atoms with Gasteiger partial charge < -0.3 is 0 Å². The lowest BCUT2D eigenvalue weighted by Crippen LogP contribution is -2.05. The first-order chi connectivity index (χ1) is 9.63. The molecule has 0 saturated carbocycles. The molecule has 0 saturated heterocycles. The molecule has 0 amide bonds. The van der Waals surface area contributed by atoms with E-state index in [2.05, 4.69) is 22.9 Å². The summed E-state index contributed by atoms with van der Waals surface area (Å²) in [5, 5.41) is 0. The van der Waals surface area contributed by atoms with Crippen LogP contribution in [0, 0.1) is 5.82 Å². The zero-order chi connectivity index (χ0) is 14.5. The highest BCUT2D eigenvalue weighted by atomic mass is 79.9. The highest BCUT2D eigenvalue weighted by Crippen LogP contribution is 2.23. The van der Waals surface area contributed by atoms with Crippen molar-refractivity contribution in [3.8, 4) is 0 Å². The molecule has 0 aliphatic heterocycles. The van der Waals surface area contributed by atoms with E-state index in [9.17, 15) is 9.18 Å². The van der Waals surface area contributed by atoms with Gasteiger partial charge >= 0.3 is 0 Å². The van der Waals surface area contributed by atoms with Gasteiger partial charge in [0.25, 0.3) is 0 Å². The fourth-order valence-corrected chi connectivity index (χ4v) is 2.58. The molecule has 0 aliphatic carbocycles. The predicted octanol–water partition coefficient (Wildman–Crippen LogP) is 5.16. The van der Waals surface area contributed by atoms with Gasteiger partial charge in [0, 0.05) is 10.0 Å². The zero-order valence-corrected chi connectivity index (χ0v) is 12.9. The van der Waals surface area contributed by atoms with Gasteiger partial charge in [-0.05, 0) is 46.5 Å². The van der Waals surface area contributed by atoms with E-state index in [-0.39, 0.29) is 11.3 Å². The Kier molecular flexibility index (Phi) is 5.07. The molecule has 0 N–H and O–H groups in total. The minimum Gasteiger partial charge on any atom is -0.288 e. The molecule has 0 fully saturated rings. The van der Waals surface area contributed by atoms with E-state index in [1.165, 1.54) is 11.6 Å². The molecular formula is C17H16BrFO. The summed E-state index contributed by atoms with van der Waals surface area (Å²) in [6.45, 7) is 2.15. The Morgan fingerprint density at radius 2 is 1.85 bits per heavy atom. The largest absolute Gasteiger partial charge is 0.288 e. The lowest BCUT2D eigenvalue weighted by Gasteiger charge is -2.06. The summed E-state index contributed by atoms with van der Waals surface area (Å²) in [7, 11) is 0. The normalized spacial score (nSPS) is 10.6. The molecule has 3 heteroatoms. The molecular weight excluding hydrogens is 319 g/mol. The third-order valence-corrected chi connectivity index (χ3v) is 3.89. The number of ketones is 1. The van der Waals surface area contributed by atoms with Crippen molar-refractivity contribution in [1.82, 2.24) is 0 Å². The quantitative estimate of drug-likeness (QED) is 0.690. The summed E-state index contributed by atoms with van der Waals surface area (Å²) >= 11 is 3.23. The van der Waals surface area contributed by atoms with E-state index in [0.717, 1.165) is 19.3 Å². The topological polar surface area (TPSA) is 17.1 Å². The maximum Gasteiger partial charge on any atom is 0.197 e. The maximum absolute atomic E-state index is 13.8. The summed E-state index contributed by atoms with van der Waals surface area (Å²) in [6.07, 6.45) is 3.28. The molecule has 1 nitrogen and oxygen atoms in total. The number of halogens is 2. The SMILES string of the molecule is CCCCc1ccc(C(=O)c2c(F)cccc2Br)cc1. The van der Waals surface area contributed by atoms with Crippen molar-refractivity contribution in [2.75, 3.05) is 0 Å². The molecule has 0 atom stereocenters. The van der Waals surface area contributed by atoms with Crippen LogP contribution in [-0.4, -0.2) is 5.78 Å². The molecule has 0 spiro atoms. The summed E-state index contributed by atoms with van der Waals surface area (Å²) in [5.41, 5.74) is 1.81. The molecule has 104 valence electrons. The summed E-state index contributed by atoms with van der Waals surface area (Å²) in [5.74, 6) is -0.795. The minimum absolute atomic E-state index is 0.0915. The van der Waals surface area contributed by atoms with Gasteiger partial charge in [-0.15, -0.1) is 0 Å².